The first-order valence-corrected chi connectivity index (χ1v) is 12.7. The van der Waals surface area contributed by atoms with Gasteiger partial charge in [-0.05, 0) is 62.1 Å². The van der Waals surface area contributed by atoms with Crippen molar-refractivity contribution in [3.63, 3.8) is 0 Å². The highest BCUT2D eigenvalue weighted by molar-refractivity contribution is 7.92. The number of carbonyl (C=O) groups is 2. The summed E-state index contributed by atoms with van der Waals surface area (Å²) in [6, 6.07) is 10.0. The highest BCUT2D eigenvalue weighted by Gasteiger charge is 2.30. The average Bonchev–Trinajstić information content (AvgIpc) is 2.76. The molecule has 0 unspecified atom stereocenters. The maximum absolute atomic E-state index is 13.4. The van der Waals surface area contributed by atoms with Crippen LogP contribution in [0.2, 0.25) is 0 Å². The number of sulfonamides is 1. The molecule has 1 atom stereocenters. The first-order valence-electron chi connectivity index (χ1n) is 10.8. The molecule has 9 heteroatoms. The number of aryl methyl sites for hydroxylation is 1. The van der Waals surface area contributed by atoms with E-state index in [0.29, 0.717) is 17.8 Å². The molecule has 0 spiro atoms. The third-order valence-electron chi connectivity index (χ3n) is 5.51. The van der Waals surface area contributed by atoms with Crippen molar-refractivity contribution in [3.05, 3.63) is 65.0 Å². The number of hydrogen-bond donors (Lipinski definition) is 1. The Kier molecular flexibility index (Phi) is 8.99. The summed E-state index contributed by atoms with van der Waals surface area (Å²) in [5.41, 5.74) is 2.67. The van der Waals surface area contributed by atoms with Crippen LogP contribution in [0.25, 0.3) is 0 Å². The van der Waals surface area contributed by atoms with Gasteiger partial charge in [0.1, 0.15) is 18.4 Å². The number of nitrogens with one attached hydrogen (secondary N) is 1. The normalized spacial score (nSPS) is 12.2. The zero-order valence-corrected chi connectivity index (χ0v) is 20.6. The van der Waals surface area contributed by atoms with Gasteiger partial charge in [-0.25, -0.2) is 12.8 Å². The van der Waals surface area contributed by atoms with E-state index in [9.17, 15) is 22.4 Å². The van der Waals surface area contributed by atoms with Gasteiger partial charge in [0.05, 0.1) is 11.9 Å². The van der Waals surface area contributed by atoms with Crippen molar-refractivity contribution >= 4 is 27.5 Å². The Morgan fingerprint density at radius 1 is 1.09 bits per heavy atom. The minimum absolute atomic E-state index is 0.0320. The molecule has 2 aromatic rings. The quantitative estimate of drug-likeness (QED) is 0.570. The van der Waals surface area contributed by atoms with Crippen LogP contribution in [0, 0.1) is 19.7 Å². The van der Waals surface area contributed by atoms with Gasteiger partial charge in [0.25, 0.3) is 0 Å². The van der Waals surface area contributed by atoms with Crippen molar-refractivity contribution in [3.8, 4) is 0 Å². The number of carbonyl (C=O) groups excluding carboxylic acids is 2. The molecule has 2 amide bonds. The molecule has 0 aromatic heterocycles. The molecule has 180 valence electrons. The van der Waals surface area contributed by atoms with Crippen LogP contribution in [-0.4, -0.2) is 50.5 Å². The molecule has 2 rings (SSSR count). The van der Waals surface area contributed by atoms with Crippen LogP contribution in [0.5, 0.6) is 0 Å². The van der Waals surface area contributed by atoms with E-state index in [-0.39, 0.29) is 12.5 Å². The Balaban J connectivity index is 2.40. The van der Waals surface area contributed by atoms with Crippen LogP contribution < -0.4 is 9.62 Å². The molecule has 0 aliphatic heterocycles. The molecule has 0 aliphatic rings. The lowest BCUT2D eigenvalue weighted by Crippen LogP contribution is -2.51. The number of nitrogens with zero attached hydrogens (tertiary/aromatic N) is 2. The number of anilines is 1. The molecule has 0 heterocycles. The summed E-state index contributed by atoms with van der Waals surface area (Å²) in [5, 5.41) is 2.77. The molecule has 7 nitrogen and oxygen atoms in total. The predicted molar refractivity (Wildman–Crippen MR) is 128 cm³/mol. The summed E-state index contributed by atoms with van der Waals surface area (Å²) in [4.78, 5) is 27.4. The van der Waals surface area contributed by atoms with Crippen LogP contribution in [0.1, 0.15) is 37.0 Å². The molecule has 2 aromatic carbocycles. The second-order valence-electron chi connectivity index (χ2n) is 8.10. The van der Waals surface area contributed by atoms with Gasteiger partial charge in [0.2, 0.25) is 21.8 Å². The van der Waals surface area contributed by atoms with Gasteiger partial charge in [0, 0.05) is 13.1 Å². The minimum atomic E-state index is -3.79. The predicted octanol–water partition coefficient (Wildman–Crippen LogP) is 3.15. The lowest BCUT2D eigenvalue weighted by Gasteiger charge is -2.32. The molecule has 1 N–H and O–H groups in total. The van der Waals surface area contributed by atoms with Crippen molar-refractivity contribution in [2.45, 2.75) is 46.7 Å². The van der Waals surface area contributed by atoms with Gasteiger partial charge in [-0.3, -0.25) is 13.9 Å². The number of amides is 2. The molecule has 0 bridgehead atoms. The SMILES string of the molecule is CCCNC(=O)[C@H](C)N(Cc1ccc(F)cc1)C(=O)CN(c1cccc(C)c1C)S(C)(=O)=O. The first kappa shape index (κ1) is 26.3. The first-order chi connectivity index (χ1) is 15.5. The van der Waals surface area contributed by atoms with E-state index < -0.39 is 34.3 Å². The molecule has 0 aliphatic carbocycles. The summed E-state index contributed by atoms with van der Waals surface area (Å²) in [5.74, 6) is -1.29. The molecule has 0 fully saturated rings. The topological polar surface area (TPSA) is 86.8 Å². The fourth-order valence-corrected chi connectivity index (χ4v) is 4.27. The molecular formula is C24H32FN3O4S. The Hall–Kier alpha value is -2.94. The fraction of sp³-hybridized carbons (Fsp3) is 0.417. The number of halogens is 1. The van der Waals surface area contributed by atoms with Gasteiger partial charge >= 0.3 is 0 Å². The lowest BCUT2D eigenvalue weighted by molar-refractivity contribution is -0.139. The van der Waals surface area contributed by atoms with Gasteiger partial charge in [-0.2, -0.15) is 0 Å². The van der Waals surface area contributed by atoms with Gasteiger partial charge in [-0.15, -0.1) is 0 Å². The molecule has 0 saturated carbocycles. The maximum Gasteiger partial charge on any atom is 0.244 e. The smallest absolute Gasteiger partial charge is 0.244 e. The van der Waals surface area contributed by atoms with Crippen molar-refractivity contribution in [2.75, 3.05) is 23.7 Å². The van der Waals surface area contributed by atoms with Crippen molar-refractivity contribution < 1.29 is 22.4 Å². The van der Waals surface area contributed by atoms with E-state index in [1.165, 1.54) is 29.2 Å². The highest BCUT2D eigenvalue weighted by Crippen LogP contribution is 2.25. The largest absolute Gasteiger partial charge is 0.354 e. The Morgan fingerprint density at radius 2 is 1.73 bits per heavy atom. The Morgan fingerprint density at radius 3 is 2.30 bits per heavy atom. The summed E-state index contributed by atoms with van der Waals surface area (Å²) < 4.78 is 39.7. The minimum Gasteiger partial charge on any atom is -0.354 e. The van der Waals surface area contributed by atoms with Crippen molar-refractivity contribution in [1.29, 1.82) is 0 Å². The van der Waals surface area contributed by atoms with Crippen LogP contribution in [-0.2, 0) is 26.2 Å². The van der Waals surface area contributed by atoms with E-state index in [4.69, 9.17) is 0 Å². The van der Waals surface area contributed by atoms with Crippen molar-refractivity contribution in [2.24, 2.45) is 0 Å². The fourth-order valence-electron chi connectivity index (χ4n) is 3.37. The number of hydrogen-bond acceptors (Lipinski definition) is 4. The third-order valence-corrected chi connectivity index (χ3v) is 6.63. The van der Waals surface area contributed by atoms with Crippen LogP contribution in [0.15, 0.2) is 42.5 Å². The zero-order valence-electron chi connectivity index (χ0n) is 19.8. The summed E-state index contributed by atoms with van der Waals surface area (Å²) in [7, 11) is -3.79. The average molecular weight is 478 g/mol. The summed E-state index contributed by atoms with van der Waals surface area (Å²) in [6.07, 6.45) is 1.78. The van der Waals surface area contributed by atoms with E-state index in [1.807, 2.05) is 19.9 Å². The van der Waals surface area contributed by atoms with E-state index >= 15 is 0 Å². The summed E-state index contributed by atoms with van der Waals surface area (Å²) in [6.45, 7) is 7.20. The lowest BCUT2D eigenvalue weighted by atomic mass is 10.1. The van der Waals surface area contributed by atoms with Gasteiger partial charge < -0.3 is 10.2 Å². The standard InChI is InChI=1S/C24H32FN3O4S/c1-6-14-26-24(30)19(4)27(15-20-10-12-21(25)13-11-20)23(29)16-28(33(5,31)32)22-9-7-8-17(2)18(22)3/h7-13,19H,6,14-16H2,1-5H3,(H,26,30)/t19-/m0/s1. The van der Waals surface area contributed by atoms with Crippen molar-refractivity contribution in [1.82, 2.24) is 10.2 Å². The number of rotatable bonds is 10. The zero-order chi connectivity index (χ0) is 24.8. The Bertz CT molecular complexity index is 1090. The third kappa shape index (κ3) is 7.02. The van der Waals surface area contributed by atoms with Gasteiger partial charge in [0.15, 0.2) is 0 Å². The highest BCUT2D eigenvalue weighted by atomic mass is 32.2. The van der Waals surface area contributed by atoms with Gasteiger partial charge in [-0.1, -0.05) is 31.2 Å². The number of benzene rings is 2. The molecule has 0 radical (unpaired) electrons. The monoisotopic (exact) mass is 477 g/mol. The summed E-state index contributed by atoms with van der Waals surface area (Å²) >= 11 is 0. The Labute approximate surface area is 195 Å². The molecular weight excluding hydrogens is 445 g/mol. The van der Waals surface area contributed by atoms with E-state index in [1.54, 1.807) is 26.0 Å². The van der Waals surface area contributed by atoms with E-state index in [2.05, 4.69) is 5.32 Å². The molecule has 0 saturated heterocycles. The van der Waals surface area contributed by atoms with Crippen LogP contribution >= 0.6 is 0 Å². The second-order valence-corrected chi connectivity index (χ2v) is 10.0. The van der Waals surface area contributed by atoms with Crippen LogP contribution in [0.4, 0.5) is 10.1 Å². The van der Waals surface area contributed by atoms with Crippen LogP contribution in [0.3, 0.4) is 0 Å². The molecule has 33 heavy (non-hydrogen) atoms. The maximum atomic E-state index is 13.4. The van der Waals surface area contributed by atoms with E-state index in [0.717, 1.165) is 28.1 Å². The second kappa shape index (κ2) is 11.3.